The van der Waals surface area contributed by atoms with Crippen LogP contribution < -0.4 is 10.1 Å². The van der Waals surface area contributed by atoms with Crippen LogP contribution in [0.2, 0.25) is 0 Å². The molecule has 0 saturated heterocycles. The number of benzene rings is 1. The summed E-state index contributed by atoms with van der Waals surface area (Å²) in [7, 11) is 2.95. The minimum Gasteiger partial charge on any atom is -0.481 e. The second-order valence-electron chi connectivity index (χ2n) is 9.78. The molecule has 0 unspecified atom stereocenters. The van der Waals surface area contributed by atoms with Crippen LogP contribution in [-0.4, -0.2) is 72.6 Å². The zero-order valence-corrected chi connectivity index (χ0v) is 22.9. The molecule has 0 saturated carbocycles. The zero-order valence-electron chi connectivity index (χ0n) is 22.9. The molecule has 39 heavy (non-hydrogen) atoms. The number of fused-ring (bicyclic) bond motifs is 1. The van der Waals surface area contributed by atoms with Gasteiger partial charge in [-0.1, -0.05) is 30.3 Å². The normalized spacial score (nSPS) is 12.1. The van der Waals surface area contributed by atoms with Gasteiger partial charge >= 0.3 is 12.2 Å². The molecule has 1 atom stereocenters. The summed E-state index contributed by atoms with van der Waals surface area (Å²) in [5.74, 6) is -0.223. The third-order valence-electron chi connectivity index (χ3n) is 5.67. The maximum absolute atomic E-state index is 14.9. The summed E-state index contributed by atoms with van der Waals surface area (Å²) in [6, 6.07) is 12.6. The largest absolute Gasteiger partial charge is 0.481 e. The number of halogens is 1. The van der Waals surface area contributed by atoms with E-state index in [1.807, 2.05) is 30.3 Å². The number of carbonyl (C=O) groups excluding carboxylic acids is 2. The summed E-state index contributed by atoms with van der Waals surface area (Å²) in [6.45, 7) is 5.59. The lowest BCUT2D eigenvalue weighted by Gasteiger charge is -2.27. The Morgan fingerprint density at radius 1 is 1.10 bits per heavy atom. The van der Waals surface area contributed by atoms with Crippen LogP contribution in [0.5, 0.6) is 5.88 Å². The van der Waals surface area contributed by atoms with Gasteiger partial charge in [-0.05, 0) is 38.8 Å². The number of rotatable bonds is 11. The van der Waals surface area contributed by atoms with Crippen molar-refractivity contribution in [3.8, 4) is 5.88 Å². The van der Waals surface area contributed by atoms with Crippen LogP contribution in [0.1, 0.15) is 31.9 Å². The van der Waals surface area contributed by atoms with Crippen LogP contribution in [0.25, 0.3) is 11.0 Å². The van der Waals surface area contributed by atoms with Crippen LogP contribution in [0.15, 0.2) is 48.7 Å². The molecule has 2 heterocycles. The predicted octanol–water partition coefficient (Wildman–Crippen LogP) is 4.50. The van der Waals surface area contributed by atoms with Crippen molar-refractivity contribution in [2.45, 2.75) is 45.5 Å². The van der Waals surface area contributed by atoms with Crippen LogP contribution in [0, 0.1) is 5.82 Å². The maximum atomic E-state index is 14.9. The topological polar surface area (TPSA) is 112 Å². The van der Waals surface area contributed by atoms with Crippen molar-refractivity contribution in [1.29, 1.82) is 0 Å². The Bertz CT molecular complexity index is 1250. The number of nitrogens with zero attached hydrogens (tertiary/aromatic N) is 3. The van der Waals surface area contributed by atoms with Gasteiger partial charge in [-0.25, -0.2) is 19.0 Å². The molecule has 2 amide bonds. The standard InChI is InChI=1S/C28H35FN4O6/c1-28(2,3)39-26(34)31-15-20(36-4)17-33(27(35)38-18-19-9-7-6-8-10-19)14-13-21-22(29)16-30-23-11-12-24(37-5)32-25(21)23/h6-12,16,20H,13-15,17-18H2,1-5H3,(H,31,34)/t20-/m0/s1. The lowest BCUT2D eigenvalue weighted by atomic mass is 10.1. The number of nitrogens with one attached hydrogen (secondary N) is 1. The molecule has 0 fully saturated rings. The summed E-state index contributed by atoms with van der Waals surface area (Å²) >= 11 is 0. The molecule has 10 nitrogen and oxygen atoms in total. The fourth-order valence-corrected chi connectivity index (χ4v) is 3.72. The third-order valence-corrected chi connectivity index (χ3v) is 5.67. The maximum Gasteiger partial charge on any atom is 0.410 e. The number of hydrogen-bond acceptors (Lipinski definition) is 8. The molecule has 0 bridgehead atoms. The van der Waals surface area contributed by atoms with Gasteiger partial charge in [-0.3, -0.25) is 4.98 Å². The van der Waals surface area contributed by atoms with Crippen molar-refractivity contribution in [3.05, 3.63) is 65.6 Å². The molecule has 0 spiro atoms. The van der Waals surface area contributed by atoms with Gasteiger partial charge < -0.3 is 29.2 Å². The highest BCUT2D eigenvalue weighted by molar-refractivity contribution is 5.78. The molecule has 0 aliphatic carbocycles. The van der Waals surface area contributed by atoms with Crippen molar-refractivity contribution >= 4 is 23.2 Å². The first kappa shape index (κ1) is 29.6. The average Bonchev–Trinajstić information content (AvgIpc) is 2.91. The van der Waals surface area contributed by atoms with E-state index in [9.17, 15) is 14.0 Å². The summed E-state index contributed by atoms with van der Waals surface area (Å²) < 4.78 is 36.4. The molecule has 1 aromatic carbocycles. The van der Waals surface area contributed by atoms with Crippen molar-refractivity contribution in [2.24, 2.45) is 0 Å². The Labute approximate surface area is 227 Å². The Morgan fingerprint density at radius 3 is 2.51 bits per heavy atom. The van der Waals surface area contributed by atoms with E-state index in [2.05, 4.69) is 15.3 Å². The van der Waals surface area contributed by atoms with E-state index in [0.29, 0.717) is 22.5 Å². The Hall–Kier alpha value is -3.99. The van der Waals surface area contributed by atoms with Crippen LogP contribution in [-0.2, 0) is 27.2 Å². The average molecular weight is 543 g/mol. The number of aromatic nitrogens is 2. The third kappa shape index (κ3) is 9.06. The van der Waals surface area contributed by atoms with Gasteiger partial charge in [0.2, 0.25) is 5.88 Å². The zero-order chi connectivity index (χ0) is 28.4. The van der Waals surface area contributed by atoms with Crippen molar-refractivity contribution in [1.82, 2.24) is 20.2 Å². The predicted molar refractivity (Wildman–Crippen MR) is 143 cm³/mol. The van der Waals surface area contributed by atoms with Gasteiger partial charge in [-0.15, -0.1) is 0 Å². The molecule has 11 heteroatoms. The number of ether oxygens (including phenoxy) is 4. The Morgan fingerprint density at radius 2 is 1.85 bits per heavy atom. The first-order chi connectivity index (χ1) is 18.6. The SMILES string of the molecule is COc1ccc2ncc(F)c(CCN(C[C@H](CNC(=O)OC(C)(C)C)OC)C(=O)OCc3ccccc3)c2n1. The molecule has 0 aliphatic rings. The van der Waals surface area contributed by atoms with Gasteiger partial charge in [0.15, 0.2) is 0 Å². The number of carbonyl (C=O) groups is 2. The lowest BCUT2D eigenvalue weighted by molar-refractivity contribution is 0.0351. The highest BCUT2D eigenvalue weighted by Crippen LogP contribution is 2.22. The first-order valence-corrected chi connectivity index (χ1v) is 12.5. The second kappa shape index (κ2) is 13.7. The molecule has 2 aromatic heterocycles. The van der Waals surface area contributed by atoms with E-state index in [1.54, 1.807) is 32.9 Å². The van der Waals surface area contributed by atoms with E-state index in [1.165, 1.54) is 19.1 Å². The van der Waals surface area contributed by atoms with Gasteiger partial charge in [0.25, 0.3) is 0 Å². The van der Waals surface area contributed by atoms with Crippen LogP contribution >= 0.6 is 0 Å². The number of pyridine rings is 2. The number of alkyl carbamates (subject to hydrolysis) is 1. The monoisotopic (exact) mass is 542 g/mol. The van der Waals surface area contributed by atoms with Gasteiger partial charge in [0, 0.05) is 31.8 Å². The van der Waals surface area contributed by atoms with E-state index in [4.69, 9.17) is 18.9 Å². The number of methoxy groups -OCH3 is 2. The summed E-state index contributed by atoms with van der Waals surface area (Å²) in [6.07, 6.45) is -0.539. The molecule has 0 radical (unpaired) electrons. The molecular weight excluding hydrogens is 507 g/mol. The summed E-state index contributed by atoms with van der Waals surface area (Å²) in [5.41, 5.74) is 1.31. The van der Waals surface area contributed by atoms with Crippen molar-refractivity contribution in [2.75, 3.05) is 33.9 Å². The minimum absolute atomic E-state index is 0.0648. The quantitative estimate of drug-likeness (QED) is 0.377. The number of hydrogen-bond donors (Lipinski definition) is 1. The lowest BCUT2D eigenvalue weighted by Crippen LogP contribution is -2.45. The summed E-state index contributed by atoms with van der Waals surface area (Å²) in [5, 5.41) is 2.66. The molecule has 1 N–H and O–H groups in total. The fraction of sp³-hybridized carbons (Fsp3) is 0.429. The van der Waals surface area contributed by atoms with Gasteiger partial charge in [0.1, 0.15) is 18.0 Å². The second-order valence-corrected chi connectivity index (χ2v) is 9.78. The Kier molecular flexibility index (Phi) is 10.4. The van der Waals surface area contributed by atoms with E-state index in [-0.39, 0.29) is 32.7 Å². The molecule has 3 aromatic rings. The van der Waals surface area contributed by atoms with Crippen LogP contribution in [0.3, 0.4) is 0 Å². The smallest absolute Gasteiger partial charge is 0.410 e. The van der Waals surface area contributed by atoms with Gasteiger partial charge in [-0.2, -0.15) is 0 Å². The highest BCUT2D eigenvalue weighted by atomic mass is 19.1. The Balaban J connectivity index is 1.76. The molecular formula is C28H35FN4O6. The van der Waals surface area contributed by atoms with Gasteiger partial charge in [0.05, 0.1) is 37.0 Å². The fourth-order valence-electron chi connectivity index (χ4n) is 3.72. The first-order valence-electron chi connectivity index (χ1n) is 12.5. The molecule has 0 aliphatic heterocycles. The van der Waals surface area contributed by atoms with E-state index in [0.717, 1.165) is 11.8 Å². The van der Waals surface area contributed by atoms with Crippen molar-refractivity contribution < 1.29 is 32.9 Å². The molecule has 210 valence electrons. The minimum atomic E-state index is -0.659. The van der Waals surface area contributed by atoms with Crippen LogP contribution in [0.4, 0.5) is 14.0 Å². The van der Waals surface area contributed by atoms with Crippen molar-refractivity contribution in [3.63, 3.8) is 0 Å². The van der Waals surface area contributed by atoms with E-state index >= 15 is 0 Å². The summed E-state index contributed by atoms with van der Waals surface area (Å²) in [4.78, 5) is 35.2. The van der Waals surface area contributed by atoms with E-state index < -0.39 is 29.7 Å². The number of amides is 2. The highest BCUT2D eigenvalue weighted by Gasteiger charge is 2.24. The molecule has 3 rings (SSSR count).